The molecule has 92 valence electrons. The van der Waals surface area contributed by atoms with Crippen molar-refractivity contribution in [1.29, 1.82) is 0 Å². The summed E-state index contributed by atoms with van der Waals surface area (Å²) in [6.07, 6.45) is -0.0677. The minimum Gasteiger partial charge on any atom is -0.392 e. The summed E-state index contributed by atoms with van der Waals surface area (Å²) in [6, 6.07) is 3.80. The number of hydrogen-bond donors (Lipinski definition) is 3. The molecule has 2 unspecified atom stereocenters. The molecule has 0 aromatic heterocycles. The van der Waals surface area contributed by atoms with E-state index in [4.69, 9.17) is 0 Å². The summed E-state index contributed by atoms with van der Waals surface area (Å²) in [4.78, 5) is 11.8. The van der Waals surface area contributed by atoms with Gasteiger partial charge in [0.2, 0.25) is 5.91 Å². The summed E-state index contributed by atoms with van der Waals surface area (Å²) in [7, 11) is 0. The number of carbonyl (C=O) groups excluding carboxylic acids is 1. The first-order chi connectivity index (χ1) is 8.06. The van der Waals surface area contributed by atoms with E-state index >= 15 is 0 Å². The molecule has 4 nitrogen and oxygen atoms in total. The highest BCUT2D eigenvalue weighted by molar-refractivity contribution is 14.1. The van der Waals surface area contributed by atoms with Crippen LogP contribution in [-0.2, 0) is 4.79 Å². The molecule has 0 spiro atoms. The molecule has 1 aliphatic heterocycles. The summed E-state index contributed by atoms with van der Waals surface area (Å²) in [5, 5.41) is 14.9. The molecule has 2 atom stereocenters. The molecule has 1 aromatic rings. The van der Waals surface area contributed by atoms with Crippen molar-refractivity contribution in [3.05, 3.63) is 27.6 Å². The molecule has 1 fully saturated rings. The summed E-state index contributed by atoms with van der Waals surface area (Å²) >= 11 is 1.96. The van der Waals surface area contributed by atoms with Crippen LogP contribution in [0.3, 0.4) is 0 Å². The van der Waals surface area contributed by atoms with Crippen molar-refractivity contribution in [2.24, 2.45) is 0 Å². The van der Waals surface area contributed by atoms with Gasteiger partial charge in [0.05, 0.1) is 17.8 Å². The second-order valence-electron chi connectivity index (χ2n) is 3.96. The molecule has 6 heteroatoms. The highest BCUT2D eigenvalue weighted by Gasteiger charge is 2.28. The van der Waals surface area contributed by atoms with Crippen molar-refractivity contribution >= 4 is 34.2 Å². The van der Waals surface area contributed by atoms with Gasteiger partial charge in [-0.15, -0.1) is 0 Å². The van der Waals surface area contributed by atoms with Gasteiger partial charge in [0.25, 0.3) is 0 Å². The third kappa shape index (κ3) is 3.14. The van der Waals surface area contributed by atoms with Gasteiger partial charge >= 0.3 is 0 Å². The fraction of sp³-hybridized carbons (Fsp3) is 0.364. The lowest BCUT2D eigenvalue weighted by Gasteiger charge is -2.12. The van der Waals surface area contributed by atoms with Gasteiger partial charge in [0.1, 0.15) is 5.82 Å². The number of halogens is 2. The van der Waals surface area contributed by atoms with Gasteiger partial charge in [-0.3, -0.25) is 4.79 Å². The summed E-state index contributed by atoms with van der Waals surface area (Å²) in [6.45, 7) is 0.429. The number of rotatable bonds is 2. The Morgan fingerprint density at radius 1 is 1.59 bits per heavy atom. The lowest BCUT2D eigenvalue weighted by Crippen LogP contribution is -2.35. The molecule has 1 heterocycles. The van der Waals surface area contributed by atoms with Gasteiger partial charge in [-0.05, 0) is 47.2 Å². The molecular formula is C11H12FIN2O2. The van der Waals surface area contributed by atoms with Crippen LogP contribution in [-0.4, -0.2) is 29.7 Å². The Morgan fingerprint density at radius 3 is 2.94 bits per heavy atom. The minimum atomic E-state index is -0.474. The molecule has 3 N–H and O–H groups in total. The second kappa shape index (κ2) is 5.28. The van der Waals surface area contributed by atoms with Crippen LogP contribution in [0.25, 0.3) is 0 Å². The average molecular weight is 350 g/mol. The van der Waals surface area contributed by atoms with Crippen LogP contribution < -0.4 is 10.6 Å². The molecule has 0 bridgehead atoms. The van der Waals surface area contributed by atoms with Crippen LogP contribution in [0.5, 0.6) is 0 Å². The number of aliphatic hydroxyl groups is 1. The smallest absolute Gasteiger partial charge is 0.241 e. The number of carbonyl (C=O) groups is 1. The molecule has 1 amide bonds. The van der Waals surface area contributed by atoms with Crippen molar-refractivity contribution in [3.8, 4) is 0 Å². The Labute approximate surface area is 112 Å². The van der Waals surface area contributed by atoms with Gasteiger partial charge in [-0.25, -0.2) is 4.39 Å². The standard InChI is InChI=1S/C11H12FIN2O2/c12-6-1-2-9(8(13)3-6)15-11(17)10-4-7(16)5-14-10/h1-3,7,10,14,16H,4-5H2,(H,15,17). The lowest BCUT2D eigenvalue weighted by atomic mass is 10.2. The zero-order valence-electron chi connectivity index (χ0n) is 8.91. The number of aliphatic hydroxyl groups excluding tert-OH is 1. The first kappa shape index (κ1) is 12.7. The van der Waals surface area contributed by atoms with Crippen molar-refractivity contribution in [2.75, 3.05) is 11.9 Å². The van der Waals surface area contributed by atoms with Crippen molar-refractivity contribution in [2.45, 2.75) is 18.6 Å². The quantitative estimate of drug-likeness (QED) is 0.700. The third-order valence-electron chi connectivity index (χ3n) is 2.61. The second-order valence-corrected chi connectivity index (χ2v) is 5.13. The van der Waals surface area contributed by atoms with Crippen LogP contribution >= 0.6 is 22.6 Å². The number of anilines is 1. The summed E-state index contributed by atoms with van der Waals surface area (Å²) in [5.41, 5.74) is 0.584. The molecule has 0 radical (unpaired) electrons. The van der Waals surface area contributed by atoms with Crippen molar-refractivity contribution in [1.82, 2.24) is 5.32 Å². The first-order valence-corrected chi connectivity index (χ1v) is 6.31. The molecule has 2 rings (SSSR count). The van der Waals surface area contributed by atoms with Crippen LogP contribution in [0.4, 0.5) is 10.1 Å². The first-order valence-electron chi connectivity index (χ1n) is 5.23. The highest BCUT2D eigenvalue weighted by Crippen LogP contribution is 2.20. The fourth-order valence-corrected chi connectivity index (χ4v) is 2.34. The van der Waals surface area contributed by atoms with Gasteiger partial charge in [-0.1, -0.05) is 0 Å². The van der Waals surface area contributed by atoms with Gasteiger partial charge in [0.15, 0.2) is 0 Å². The number of nitrogens with one attached hydrogen (secondary N) is 2. The Bertz CT molecular complexity index is 441. The predicted molar refractivity (Wildman–Crippen MR) is 70.2 cm³/mol. The molecule has 17 heavy (non-hydrogen) atoms. The topological polar surface area (TPSA) is 61.4 Å². The normalized spacial score (nSPS) is 23.7. The van der Waals surface area contributed by atoms with E-state index in [0.717, 1.165) is 0 Å². The van der Waals surface area contributed by atoms with Crippen molar-refractivity contribution < 1.29 is 14.3 Å². The Morgan fingerprint density at radius 2 is 2.35 bits per heavy atom. The van der Waals surface area contributed by atoms with E-state index < -0.39 is 6.10 Å². The Hall–Kier alpha value is -0.730. The maximum absolute atomic E-state index is 12.9. The molecule has 0 saturated carbocycles. The largest absolute Gasteiger partial charge is 0.392 e. The molecule has 1 aromatic carbocycles. The van der Waals surface area contributed by atoms with Crippen LogP contribution in [0, 0.1) is 9.39 Å². The third-order valence-corrected chi connectivity index (χ3v) is 3.51. The Kier molecular flexibility index (Phi) is 3.95. The maximum atomic E-state index is 12.9. The van der Waals surface area contributed by atoms with Gasteiger partial charge in [0, 0.05) is 10.1 Å². The maximum Gasteiger partial charge on any atom is 0.241 e. The van der Waals surface area contributed by atoms with E-state index in [1.54, 1.807) is 0 Å². The van der Waals surface area contributed by atoms with E-state index in [9.17, 15) is 14.3 Å². The number of benzene rings is 1. The summed E-state index contributed by atoms with van der Waals surface area (Å²) < 4.78 is 13.5. The van der Waals surface area contributed by atoms with Gasteiger partial charge < -0.3 is 15.7 Å². The SMILES string of the molecule is O=C(Nc1ccc(F)cc1I)C1CC(O)CN1. The number of β-amino-alcohol motifs (C(OH)–C–C–N with tert-alkyl or cyclic N) is 1. The summed E-state index contributed by atoms with van der Waals surface area (Å²) in [5.74, 6) is -0.534. The van der Waals surface area contributed by atoms with Gasteiger partial charge in [-0.2, -0.15) is 0 Å². The van der Waals surface area contributed by atoms with Crippen LogP contribution in [0.1, 0.15) is 6.42 Å². The average Bonchev–Trinajstić information content (AvgIpc) is 2.69. The predicted octanol–water partition coefficient (Wildman–Crippen LogP) is 1.09. The van der Waals surface area contributed by atoms with Crippen molar-refractivity contribution in [3.63, 3.8) is 0 Å². The van der Waals surface area contributed by atoms with E-state index in [2.05, 4.69) is 10.6 Å². The zero-order chi connectivity index (χ0) is 12.4. The number of amides is 1. The minimum absolute atomic E-state index is 0.203. The fourth-order valence-electron chi connectivity index (χ4n) is 1.73. The van der Waals surface area contributed by atoms with E-state index in [-0.39, 0.29) is 17.8 Å². The number of hydrogen-bond acceptors (Lipinski definition) is 3. The van der Waals surface area contributed by atoms with E-state index in [1.165, 1.54) is 18.2 Å². The lowest BCUT2D eigenvalue weighted by molar-refractivity contribution is -0.117. The van der Waals surface area contributed by atoms with E-state index in [0.29, 0.717) is 22.2 Å². The van der Waals surface area contributed by atoms with E-state index in [1.807, 2.05) is 22.6 Å². The molecule has 1 aliphatic rings. The van der Waals surface area contributed by atoms with Crippen LogP contribution in [0.2, 0.25) is 0 Å². The Balaban J connectivity index is 2.03. The zero-order valence-corrected chi connectivity index (χ0v) is 11.1. The van der Waals surface area contributed by atoms with Crippen LogP contribution in [0.15, 0.2) is 18.2 Å². The monoisotopic (exact) mass is 350 g/mol. The molecule has 0 aliphatic carbocycles. The molecule has 1 saturated heterocycles. The molecular weight excluding hydrogens is 338 g/mol. The highest BCUT2D eigenvalue weighted by atomic mass is 127.